The van der Waals surface area contributed by atoms with Crippen LogP contribution in [0.2, 0.25) is 0 Å². The number of benzene rings is 2. The third-order valence-corrected chi connectivity index (χ3v) is 4.33. The van der Waals surface area contributed by atoms with E-state index in [4.69, 9.17) is 0 Å². The summed E-state index contributed by atoms with van der Waals surface area (Å²) in [5.41, 5.74) is 3.93. The van der Waals surface area contributed by atoms with Crippen LogP contribution < -0.4 is 5.32 Å². The summed E-state index contributed by atoms with van der Waals surface area (Å²) in [6, 6.07) is 21.3. The molecule has 6 nitrogen and oxygen atoms in total. The lowest BCUT2D eigenvalue weighted by molar-refractivity contribution is 0.102. The van der Waals surface area contributed by atoms with Crippen LogP contribution in [0.1, 0.15) is 21.7 Å². The van der Waals surface area contributed by atoms with E-state index >= 15 is 0 Å². The molecule has 1 amide bonds. The molecule has 27 heavy (non-hydrogen) atoms. The molecule has 0 aliphatic rings. The monoisotopic (exact) mass is 357 g/mol. The number of anilines is 1. The molecule has 2 aromatic carbocycles. The highest BCUT2D eigenvalue weighted by molar-refractivity contribution is 6.04. The molecule has 4 rings (SSSR count). The van der Waals surface area contributed by atoms with Crippen LogP contribution in [0.3, 0.4) is 0 Å². The van der Waals surface area contributed by atoms with E-state index in [1.54, 1.807) is 15.6 Å². The van der Waals surface area contributed by atoms with Crippen LogP contribution in [0.25, 0.3) is 11.4 Å². The van der Waals surface area contributed by atoms with Crippen molar-refractivity contribution in [1.29, 1.82) is 0 Å². The Morgan fingerprint density at radius 1 is 0.889 bits per heavy atom. The predicted octanol–water partition coefficient (Wildman–Crippen LogP) is 3.93. The Balaban J connectivity index is 1.64. The molecule has 0 saturated heterocycles. The van der Waals surface area contributed by atoms with E-state index < -0.39 is 0 Å². The zero-order valence-electron chi connectivity index (χ0n) is 15.1. The second-order valence-corrected chi connectivity index (χ2v) is 6.26. The standard InChI is InChI=1S/C21H19N5O/c1-15-13-20(26(24-15)18-11-7-4-8-12-18)23-21(27)19-14-22-25(16(19)2)17-9-5-3-6-10-17/h3-14H,1-2H3,(H,23,27). The zero-order valence-corrected chi connectivity index (χ0v) is 15.1. The minimum atomic E-state index is -0.216. The number of para-hydroxylation sites is 2. The Hall–Kier alpha value is -3.67. The summed E-state index contributed by atoms with van der Waals surface area (Å²) in [7, 11) is 0. The summed E-state index contributed by atoms with van der Waals surface area (Å²) in [4.78, 5) is 12.9. The highest BCUT2D eigenvalue weighted by Gasteiger charge is 2.17. The minimum absolute atomic E-state index is 0.216. The summed E-state index contributed by atoms with van der Waals surface area (Å²) in [6.45, 7) is 3.78. The third kappa shape index (κ3) is 3.25. The average molecular weight is 357 g/mol. The van der Waals surface area contributed by atoms with Crippen LogP contribution in [0.15, 0.2) is 72.9 Å². The fourth-order valence-electron chi connectivity index (χ4n) is 3.00. The molecule has 2 heterocycles. The van der Waals surface area contributed by atoms with Crippen LogP contribution >= 0.6 is 0 Å². The van der Waals surface area contributed by atoms with Crippen molar-refractivity contribution in [3.63, 3.8) is 0 Å². The molecular weight excluding hydrogens is 338 g/mol. The highest BCUT2D eigenvalue weighted by atomic mass is 16.1. The maximum absolute atomic E-state index is 12.9. The Bertz CT molecular complexity index is 1080. The zero-order chi connectivity index (χ0) is 18.8. The van der Waals surface area contributed by atoms with Gasteiger partial charge in [0.1, 0.15) is 5.82 Å². The van der Waals surface area contributed by atoms with E-state index in [9.17, 15) is 4.79 Å². The first kappa shape index (κ1) is 16.8. The molecule has 2 aromatic heterocycles. The molecule has 6 heteroatoms. The number of aromatic nitrogens is 4. The van der Waals surface area contributed by atoms with Gasteiger partial charge in [0, 0.05) is 6.07 Å². The first-order chi connectivity index (χ1) is 13.1. The molecule has 0 aliphatic carbocycles. The maximum atomic E-state index is 12.9. The second kappa shape index (κ2) is 6.92. The van der Waals surface area contributed by atoms with Crippen LogP contribution in [-0.2, 0) is 0 Å². The number of amides is 1. The first-order valence-electron chi connectivity index (χ1n) is 8.67. The topological polar surface area (TPSA) is 64.7 Å². The van der Waals surface area contributed by atoms with Gasteiger partial charge in [-0.15, -0.1) is 0 Å². The van der Waals surface area contributed by atoms with E-state index in [1.165, 1.54) is 0 Å². The van der Waals surface area contributed by atoms with Gasteiger partial charge in [-0.05, 0) is 38.1 Å². The summed E-state index contributed by atoms with van der Waals surface area (Å²) >= 11 is 0. The van der Waals surface area contributed by atoms with Crippen molar-refractivity contribution in [3.05, 3.63) is 89.9 Å². The number of carbonyl (C=O) groups excluding carboxylic acids is 1. The van der Waals surface area contributed by atoms with Crippen molar-refractivity contribution >= 4 is 11.7 Å². The second-order valence-electron chi connectivity index (χ2n) is 6.26. The molecule has 0 atom stereocenters. The molecule has 0 aliphatic heterocycles. The third-order valence-electron chi connectivity index (χ3n) is 4.33. The van der Waals surface area contributed by atoms with Crippen LogP contribution in [-0.4, -0.2) is 25.5 Å². The van der Waals surface area contributed by atoms with Crippen molar-refractivity contribution in [3.8, 4) is 11.4 Å². The summed E-state index contributed by atoms with van der Waals surface area (Å²) in [6.07, 6.45) is 1.59. The van der Waals surface area contributed by atoms with Crippen molar-refractivity contribution in [1.82, 2.24) is 19.6 Å². The molecule has 0 radical (unpaired) electrons. The van der Waals surface area contributed by atoms with E-state index in [0.717, 1.165) is 22.8 Å². The van der Waals surface area contributed by atoms with Gasteiger partial charge in [-0.25, -0.2) is 9.36 Å². The van der Waals surface area contributed by atoms with Crippen LogP contribution in [0.4, 0.5) is 5.82 Å². The maximum Gasteiger partial charge on any atom is 0.260 e. The van der Waals surface area contributed by atoms with Gasteiger partial charge in [0.2, 0.25) is 0 Å². The smallest absolute Gasteiger partial charge is 0.260 e. The van der Waals surface area contributed by atoms with Gasteiger partial charge in [0.05, 0.1) is 34.5 Å². The Morgan fingerprint density at radius 2 is 1.48 bits per heavy atom. The van der Waals surface area contributed by atoms with Crippen molar-refractivity contribution in [2.75, 3.05) is 5.32 Å². The van der Waals surface area contributed by atoms with Crippen molar-refractivity contribution in [2.24, 2.45) is 0 Å². The number of hydrogen-bond acceptors (Lipinski definition) is 3. The van der Waals surface area contributed by atoms with Gasteiger partial charge in [-0.3, -0.25) is 4.79 Å². The van der Waals surface area contributed by atoms with Gasteiger partial charge in [-0.2, -0.15) is 10.2 Å². The molecule has 0 fully saturated rings. The van der Waals surface area contributed by atoms with E-state index in [1.807, 2.05) is 80.6 Å². The number of rotatable bonds is 4. The number of nitrogens with zero attached hydrogens (tertiary/aromatic N) is 4. The molecule has 1 N–H and O–H groups in total. The lowest BCUT2D eigenvalue weighted by Gasteiger charge is -2.09. The van der Waals surface area contributed by atoms with Gasteiger partial charge in [0.25, 0.3) is 5.91 Å². The summed E-state index contributed by atoms with van der Waals surface area (Å²) < 4.78 is 3.48. The molecule has 0 bridgehead atoms. The molecule has 134 valence electrons. The van der Waals surface area contributed by atoms with Gasteiger partial charge in [-0.1, -0.05) is 36.4 Å². The van der Waals surface area contributed by atoms with Gasteiger partial charge < -0.3 is 5.32 Å². The Labute approximate surface area is 157 Å². The lowest BCUT2D eigenvalue weighted by Crippen LogP contribution is -2.16. The predicted molar refractivity (Wildman–Crippen MR) is 105 cm³/mol. The fraction of sp³-hybridized carbons (Fsp3) is 0.0952. The molecule has 0 spiro atoms. The SMILES string of the molecule is Cc1cc(NC(=O)c2cnn(-c3ccccc3)c2C)n(-c2ccccc2)n1. The van der Waals surface area contributed by atoms with Crippen LogP contribution in [0.5, 0.6) is 0 Å². The number of carbonyl (C=O) groups is 1. The largest absolute Gasteiger partial charge is 0.306 e. The van der Waals surface area contributed by atoms with Crippen LogP contribution in [0, 0.1) is 13.8 Å². The molecule has 4 aromatic rings. The Kier molecular flexibility index (Phi) is 4.30. The van der Waals surface area contributed by atoms with E-state index in [0.29, 0.717) is 11.4 Å². The summed E-state index contributed by atoms with van der Waals surface area (Å²) in [5, 5.41) is 11.8. The summed E-state index contributed by atoms with van der Waals surface area (Å²) in [5.74, 6) is 0.405. The lowest BCUT2D eigenvalue weighted by atomic mass is 10.2. The van der Waals surface area contributed by atoms with E-state index in [-0.39, 0.29) is 5.91 Å². The van der Waals surface area contributed by atoms with Gasteiger partial charge in [0.15, 0.2) is 0 Å². The van der Waals surface area contributed by atoms with Crippen molar-refractivity contribution in [2.45, 2.75) is 13.8 Å². The average Bonchev–Trinajstić information content (AvgIpc) is 3.25. The number of hydrogen-bond donors (Lipinski definition) is 1. The van der Waals surface area contributed by atoms with Gasteiger partial charge >= 0.3 is 0 Å². The van der Waals surface area contributed by atoms with Crippen molar-refractivity contribution < 1.29 is 4.79 Å². The highest BCUT2D eigenvalue weighted by Crippen LogP contribution is 2.19. The quantitative estimate of drug-likeness (QED) is 0.602. The minimum Gasteiger partial charge on any atom is -0.306 e. The normalized spacial score (nSPS) is 10.7. The first-order valence-corrected chi connectivity index (χ1v) is 8.67. The Morgan fingerprint density at radius 3 is 2.11 bits per heavy atom. The fourth-order valence-corrected chi connectivity index (χ4v) is 3.00. The van der Waals surface area contributed by atoms with E-state index in [2.05, 4.69) is 15.5 Å². The molecule has 0 unspecified atom stereocenters. The number of nitrogens with one attached hydrogen (secondary N) is 1. The molecule has 0 saturated carbocycles. The molecular formula is C21H19N5O. The number of aryl methyl sites for hydroxylation is 1.